The SMILES string of the molecule is CCCCC(NC(CCC)c1ccccc1)c1ccc(O)c(NC(C)=O)c1. The van der Waals surface area contributed by atoms with Gasteiger partial charge in [0.05, 0.1) is 5.69 Å². The van der Waals surface area contributed by atoms with Crippen molar-refractivity contribution in [3.8, 4) is 5.75 Å². The quantitative estimate of drug-likeness (QED) is 0.471. The van der Waals surface area contributed by atoms with E-state index in [-0.39, 0.29) is 23.7 Å². The first-order valence-electron chi connectivity index (χ1n) is 9.96. The van der Waals surface area contributed by atoms with E-state index in [9.17, 15) is 9.90 Å². The second-order valence-electron chi connectivity index (χ2n) is 7.07. The lowest BCUT2D eigenvalue weighted by atomic mass is 9.96. The Morgan fingerprint density at radius 1 is 0.963 bits per heavy atom. The minimum absolute atomic E-state index is 0.0939. The van der Waals surface area contributed by atoms with E-state index in [0.29, 0.717) is 5.69 Å². The van der Waals surface area contributed by atoms with E-state index in [1.165, 1.54) is 12.5 Å². The van der Waals surface area contributed by atoms with Crippen LogP contribution in [-0.4, -0.2) is 11.0 Å². The zero-order chi connectivity index (χ0) is 19.6. The zero-order valence-corrected chi connectivity index (χ0v) is 16.7. The van der Waals surface area contributed by atoms with E-state index in [1.807, 2.05) is 18.2 Å². The van der Waals surface area contributed by atoms with Crippen molar-refractivity contribution in [2.75, 3.05) is 5.32 Å². The number of phenolic OH excluding ortho intramolecular Hbond substituents is 1. The standard InChI is InChI=1S/C23H32N2O2/c1-4-6-13-21(19-14-15-23(27)22(16-19)24-17(3)26)25-20(10-5-2)18-11-8-7-9-12-18/h7-9,11-12,14-16,20-21,25,27H,4-6,10,13H2,1-3H3,(H,24,26). The van der Waals surface area contributed by atoms with Crippen molar-refractivity contribution >= 4 is 11.6 Å². The van der Waals surface area contributed by atoms with Crippen molar-refractivity contribution in [3.63, 3.8) is 0 Å². The minimum Gasteiger partial charge on any atom is -0.506 e. The monoisotopic (exact) mass is 368 g/mol. The largest absolute Gasteiger partial charge is 0.506 e. The molecule has 0 spiro atoms. The van der Waals surface area contributed by atoms with Gasteiger partial charge in [0.25, 0.3) is 0 Å². The molecule has 0 aliphatic rings. The van der Waals surface area contributed by atoms with Gasteiger partial charge in [-0.05, 0) is 36.1 Å². The van der Waals surface area contributed by atoms with Gasteiger partial charge in [0.15, 0.2) is 0 Å². The second-order valence-corrected chi connectivity index (χ2v) is 7.07. The Bertz CT molecular complexity index is 716. The van der Waals surface area contributed by atoms with Crippen molar-refractivity contribution in [3.05, 3.63) is 59.7 Å². The summed E-state index contributed by atoms with van der Waals surface area (Å²) in [6, 6.07) is 16.5. The Labute approximate surface area is 163 Å². The molecular weight excluding hydrogens is 336 g/mol. The molecule has 4 nitrogen and oxygen atoms in total. The molecule has 0 aliphatic heterocycles. The molecule has 0 aliphatic carbocycles. The minimum atomic E-state index is -0.186. The number of nitrogens with one attached hydrogen (secondary N) is 2. The molecule has 0 radical (unpaired) electrons. The predicted octanol–water partition coefficient (Wildman–Crippen LogP) is 5.71. The normalized spacial score (nSPS) is 13.1. The molecule has 27 heavy (non-hydrogen) atoms. The average molecular weight is 369 g/mol. The molecule has 1 amide bonds. The van der Waals surface area contributed by atoms with Gasteiger partial charge in [-0.3, -0.25) is 4.79 Å². The first-order valence-corrected chi connectivity index (χ1v) is 9.96. The first kappa shape index (κ1) is 21.0. The van der Waals surface area contributed by atoms with Crippen molar-refractivity contribution in [2.24, 2.45) is 0 Å². The van der Waals surface area contributed by atoms with Gasteiger partial charge in [-0.2, -0.15) is 0 Å². The average Bonchev–Trinajstić information content (AvgIpc) is 2.66. The van der Waals surface area contributed by atoms with Crippen LogP contribution in [0.2, 0.25) is 0 Å². The van der Waals surface area contributed by atoms with E-state index in [2.05, 4.69) is 48.7 Å². The number of carbonyl (C=O) groups excluding carboxylic acids is 1. The van der Waals surface area contributed by atoms with Crippen LogP contribution >= 0.6 is 0 Å². The highest BCUT2D eigenvalue weighted by atomic mass is 16.3. The van der Waals surface area contributed by atoms with Crippen molar-refractivity contribution < 1.29 is 9.90 Å². The van der Waals surface area contributed by atoms with E-state index in [1.54, 1.807) is 6.07 Å². The van der Waals surface area contributed by atoms with E-state index >= 15 is 0 Å². The van der Waals surface area contributed by atoms with Gasteiger partial charge in [0.2, 0.25) is 5.91 Å². The van der Waals surface area contributed by atoms with Crippen molar-refractivity contribution in [1.82, 2.24) is 5.32 Å². The Hall–Kier alpha value is -2.33. The molecule has 3 N–H and O–H groups in total. The maximum atomic E-state index is 11.4. The third kappa shape index (κ3) is 6.40. The number of anilines is 1. The van der Waals surface area contributed by atoms with Gasteiger partial charge in [-0.15, -0.1) is 0 Å². The molecule has 0 heterocycles. The smallest absolute Gasteiger partial charge is 0.221 e. The third-order valence-corrected chi connectivity index (χ3v) is 4.76. The lowest BCUT2D eigenvalue weighted by Crippen LogP contribution is -2.27. The molecule has 0 fully saturated rings. The highest BCUT2D eigenvalue weighted by Gasteiger charge is 2.19. The summed E-state index contributed by atoms with van der Waals surface area (Å²) in [6.45, 7) is 5.84. The molecule has 2 unspecified atom stereocenters. The van der Waals surface area contributed by atoms with Crippen LogP contribution in [0.1, 0.15) is 76.1 Å². The molecule has 2 atom stereocenters. The summed E-state index contributed by atoms with van der Waals surface area (Å²) in [4.78, 5) is 11.4. The molecule has 0 saturated heterocycles. The van der Waals surface area contributed by atoms with Crippen LogP contribution < -0.4 is 10.6 Å². The molecule has 146 valence electrons. The van der Waals surface area contributed by atoms with Crippen molar-refractivity contribution in [1.29, 1.82) is 0 Å². The van der Waals surface area contributed by atoms with Gasteiger partial charge >= 0.3 is 0 Å². The third-order valence-electron chi connectivity index (χ3n) is 4.76. The maximum absolute atomic E-state index is 11.4. The van der Waals surface area contributed by atoms with E-state index in [4.69, 9.17) is 0 Å². The summed E-state index contributed by atoms with van der Waals surface area (Å²) < 4.78 is 0. The van der Waals surface area contributed by atoms with Gasteiger partial charge in [0, 0.05) is 19.0 Å². The highest BCUT2D eigenvalue weighted by Crippen LogP contribution is 2.31. The number of phenols is 1. The van der Waals surface area contributed by atoms with Gasteiger partial charge < -0.3 is 15.7 Å². The van der Waals surface area contributed by atoms with Crippen LogP contribution in [0, 0.1) is 0 Å². The summed E-state index contributed by atoms with van der Waals surface area (Å²) >= 11 is 0. The Morgan fingerprint density at radius 3 is 2.30 bits per heavy atom. The molecule has 2 aromatic rings. The Morgan fingerprint density at radius 2 is 1.67 bits per heavy atom. The number of aromatic hydroxyl groups is 1. The number of amides is 1. The number of hydrogen-bond donors (Lipinski definition) is 3. The number of benzene rings is 2. The number of unbranched alkanes of at least 4 members (excludes halogenated alkanes) is 1. The van der Waals surface area contributed by atoms with Gasteiger partial charge in [-0.1, -0.05) is 69.5 Å². The number of rotatable bonds is 10. The molecule has 0 bridgehead atoms. The van der Waals surface area contributed by atoms with Crippen LogP contribution in [-0.2, 0) is 4.79 Å². The summed E-state index contributed by atoms with van der Waals surface area (Å²) in [7, 11) is 0. The molecule has 0 aromatic heterocycles. The van der Waals surface area contributed by atoms with Gasteiger partial charge in [-0.25, -0.2) is 0 Å². The molecule has 2 aromatic carbocycles. The summed E-state index contributed by atoms with van der Waals surface area (Å²) in [5, 5.41) is 16.6. The Balaban J connectivity index is 2.29. The Kier molecular flexibility index (Phi) is 8.34. The van der Waals surface area contributed by atoms with Crippen LogP contribution in [0.4, 0.5) is 5.69 Å². The van der Waals surface area contributed by atoms with Crippen molar-refractivity contribution in [2.45, 2.75) is 65.0 Å². The van der Waals surface area contributed by atoms with Crippen LogP contribution in [0.3, 0.4) is 0 Å². The lowest BCUT2D eigenvalue weighted by molar-refractivity contribution is -0.114. The van der Waals surface area contributed by atoms with Crippen LogP contribution in [0.5, 0.6) is 5.75 Å². The van der Waals surface area contributed by atoms with E-state index < -0.39 is 0 Å². The second kappa shape index (κ2) is 10.7. The topological polar surface area (TPSA) is 61.4 Å². The molecule has 2 rings (SSSR count). The van der Waals surface area contributed by atoms with Gasteiger partial charge in [0.1, 0.15) is 5.75 Å². The maximum Gasteiger partial charge on any atom is 0.221 e. The predicted molar refractivity (Wildman–Crippen MR) is 112 cm³/mol. The van der Waals surface area contributed by atoms with E-state index in [0.717, 1.165) is 37.7 Å². The van der Waals surface area contributed by atoms with Crippen LogP contribution in [0.15, 0.2) is 48.5 Å². The fraction of sp³-hybridized carbons (Fsp3) is 0.435. The first-order chi connectivity index (χ1) is 13.0. The van der Waals surface area contributed by atoms with Crippen LogP contribution in [0.25, 0.3) is 0 Å². The fourth-order valence-electron chi connectivity index (χ4n) is 3.38. The number of carbonyl (C=O) groups is 1. The highest BCUT2D eigenvalue weighted by molar-refractivity contribution is 5.90. The fourth-order valence-corrected chi connectivity index (χ4v) is 3.38. The number of hydrogen-bond acceptors (Lipinski definition) is 3. The summed E-state index contributed by atoms with van der Waals surface area (Å²) in [5.41, 5.74) is 2.85. The molecule has 4 heteroatoms. The lowest BCUT2D eigenvalue weighted by Gasteiger charge is -2.27. The molecule has 0 saturated carbocycles. The molecular formula is C23H32N2O2. The summed E-state index contributed by atoms with van der Waals surface area (Å²) in [6.07, 6.45) is 5.40. The zero-order valence-electron chi connectivity index (χ0n) is 16.7. The summed E-state index contributed by atoms with van der Waals surface area (Å²) in [5.74, 6) is -0.0926.